The van der Waals surface area contributed by atoms with Crippen molar-refractivity contribution in [3.8, 4) is 0 Å². The van der Waals surface area contributed by atoms with Gasteiger partial charge in [0.1, 0.15) is 11.9 Å². The lowest BCUT2D eigenvalue weighted by Gasteiger charge is -2.30. The van der Waals surface area contributed by atoms with Gasteiger partial charge in [-0.3, -0.25) is 0 Å². The Morgan fingerprint density at radius 2 is 2.21 bits per heavy atom. The van der Waals surface area contributed by atoms with E-state index in [0.717, 1.165) is 35.4 Å². The van der Waals surface area contributed by atoms with Gasteiger partial charge in [-0.05, 0) is 24.6 Å². The van der Waals surface area contributed by atoms with Crippen LogP contribution in [0.25, 0.3) is 10.9 Å². The average Bonchev–Trinajstić information content (AvgIpc) is 2.78. The SMILES string of the molecule is COC(OC)C1CCNc2c3ccc(N)cc3nn21. The van der Waals surface area contributed by atoms with Gasteiger partial charge in [0, 0.05) is 31.8 Å². The average molecular weight is 262 g/mol. The molecule has 1 atom stereocenters. The van der Waals surface area contributed by atoms with Crippen LogP contribution in [-0.4, -0.2) is 36.8 Å². The molecule has 2 aromatic rings. The van der Waals surface area contributed by atoms with Gasteiger partial charge in [0.05, 0.1) is 5.52 Å². The molecule has 1 aliphatic heterocycles. The van der Waals surface area contributed by atoms with Gasteiger partial charge >= 0.3 is 0 Å². The molecular formula is C13H18N4O2. The minimum Gasteiger partial charge on any atom is -0.399 e. The second-order valence-electron chi connectivity index (χ2n) is 4.69. The van der Waals surface area contributed by atoms with Gasteiger partial charge in [0.15, 0.2) is 6.29 Å². The van der Waals surface area contributed by atoms with Crippen molar-refractivity contribution in [2.75, 3.05) is 31.8 Å². The second kappa shape index (κ2) is 4.71. The first-order valence-electron chi connectivity index (χ1n) is 6.32. The number of ether oxygens (including phenoxy) is 2. The molecule has 3 rings (SSSR count). The smallest absolute Gasteiger partial charge is 0.179 e. The standard InChI is InChI=1S/C13H18N4O2/c1-18-13(19-2)11-5-6-15-12-9-4-3-8(14)7-10(9)16-17(11)12/h3-4,7,11,13,15H,5-6,14H2,1-2H3. The van der Waals surface area contributed by atoms with Crippen LogP contribution >= 0.6 is 0 Å². The van der Waals surface area contributed by atoms with E-state index >= 15 is 0 Å². The maximum Gasteiger partial charge on any atom is 0.179 e. The van der Waals surface area contributed by atoms with E-state index in [1.807, 2.05) is 22.9 Å². The van der Waals surface area contributed by atoms with Crippen molar-refractivity contribution in [1.29, 1.82) is 0 Å². The molecule has 0 saturated carbocycles. The summed E-state index contributed by atoms with van der Waals surface area (Å²) in [5.41, 5.74) is 7.42. The highest BCUT2D eigenvalue weighted by molar-refractivity contribution is 5.92. The van der Waals surface area contributed by atoms with Crippen LogP contribution in [-0.2, 0) is 9.47 Å². The molecule has 19 heavy (non-hydrogen) atoms. The van der Waals surface area contributed by atoms with Crippen molar-refractivity contribution in [2.24, 2.45) is 0 Å². The van der Waals surface area contributed by atoms with Crippen LogP contribution in [0.15, 0.2) is 18.2 Å². The number of nitrogens with one attached hydrogen (secondary N) is 1. The summed E-state index contributed by atoms with van der Waals surface area (Å²) in [7, 11) is 3.30. The normalized spacial score (nSPS) is 18.6. The molecule has 6 nitrogen and oxygen atoms in total. The van der Waals surface area contributed by atoms with Crippen LogP contribution in [0.1, 0.15) is 12.5 Å². The van der Waals surface area contributed by atoms with Crippen LogP contribution in [0.3, 0.4) is 0 Å². The number of fused-ring (bicyclic) bond motifs is 3. The van der Waals surface area contributed by atoms with Gasteiger partial charge in [-0.1, -0.05) is 0 Å². The van der Waals surface area contributed by atoms with Gasteiger partial charge in [-0.2, -0.15) is 5.10 Å². The van der Waals surface area contributed by atoms with Crippen molar-refractivity contribution >= 4 is 22.4 Å². The molecule has 0 spiro atoms. The molecule has 3 N–H and O–H groups in total. The summed E-state index contributed by atoms with van der Waals surface area (Å²) in [6, 6.07) is 5.83. The summed E-state index contributed by atoms with van der Waals surface area (Å²) < 4.78 is 12.7. The number of aromatic nitrogens is 2. The van der Waals surface area contributed by atoms with Crippen molar-refractivity contribution < 1.29 is 9.47 Å². The first-order chi connectivity index (χ1) is 9.24. The number of nitrogens with two attached hydrogens (primary N) is 1. The van der Waals surface area contributed by atoms with Crippen LogP contribution in [0.4, 0.5) is 11.5 Å². The Morgan fingerprint density at radius 3 is 2.95 bits per heavy atom. The molecule has 1 aliphatic rings. The third-order valence-electron chi connectivity index (χ3n) is 3.55. The molecule has 1 aromatic carbocycles. The predicted molar refractivity (Wildman–Crippen MR) is 74.1 cm³/mol. The Morgan fingerprint density at radius 1 is 1.42 bits per heavy atom. The van der Waals surface area contributed by atoms with E-state index in [1.165, 1.54) is 0 Å². The summed E-state index contributed by atoms with van der Waals surface area (Å²) in [5.74, 6) is 1.00. The lowest BCUT2D eigenvalue weighted by molar-refractivity contribution is -0.135. The van der Waals surface area contributed by atoms with E-state index < -0.39 is 0 Å². The van der Waals surface area contributed by atoms with Gasteiger partial charge in [0.2, 0.25) is 0 Å². The van der Waals surface area contributed by atoms with E-state index in [-0.39, 0.29) is 12.3 Å². The minimum absolute atomic E-state index is 0.0693. The summed E-state index contributed by atoms with van der Waals surface area (Å²) in [6.07, 6.45) is 0.607. The Bertz CT molecular complexity index is 592. The van der Waals surface area contributed by atoms with Crippen molar-refractivity contribution in [2.45, 2.75) is 18.8 Å². The highest BCUT2D eigenvalue weighted by Gasteiger charge is 2.30. The number of hydrogen-bond acceptors (Lipinski definition) is 5. The Kier molecular flexibility index (Phi) is 3.04. The fourth-order valence-corrected chi connectivity index (χ4v) is 2.66. The summed E-state index contributed by atoms with van der Waals surface area (Å²) in [4.78, 5) is 0. The van der Waals surface area contributed by atoms with Gasteiger partial charge in [-0.15, -0.1) is 0 Å². The molecule has 1 aromatic heterocycles. The topological polar surface area (TPSA) is 74.3 Å². The Hall–Kier alpha value is -1.79. The number of hydrogen-bond donors (Lipinski definition) is 2. The van der Waals surface area contributed by atoms with Gasteiger partial charge in [0.25, 0.3) is 0 Å². The lowest BCUT2D eigenvalue weighted by atomic mass is 10.1. The zero-order chi connectivity index (χ0) is 13.4. The maximum absolute atomic E-state index is 5.81. The second-order valence-corrected chi connectivity index (χ2v) is 4.69. The van der Waals surface area contributed by atoms with E-state index in [0.29, 0.717) is 0 Å². The molecule has 0 saturated heterocycles. The van der Waals surface area contributed by atoms with Crippen molar-refractivity contribution in [3.05, 3.63) is 18.2 Å². The van der Waals surface area contributed by atoms with Crippen LogP contribution in [0.5, 0.6) is 0 Å². The molecule has 1 unspecified atom stereocenters. The maximum atomic E-state index is 5.81. The minimum atomic E-state index is -0.299. The predicted octanol–water partition coefficient (Wildman–Crippen LogP) is 1.59. The van der Waals surface area contributed by atoms with E-state index in [9.17, 15) is 0 Å². The first kappa shape index (κ1) is 12.3. The molecule has 2 heterocycles. The monoisotopic (exact) mass is 262 g/mol. The quantitative estimate of drug-likeness (QED) is 0.649. The third-order valence-corrected chi connectivity index (χ3v) is 3.55. The molecule has 0 fully saturated rings. The summed E-state index contributed by atoms with van der Waals surface area (Å²) in [6.45, 7) is 0.874. The molecule has 6 heteroatoms. The number of nitrogen functional groups attached to an aromatic ring is 1. The number of methoxy groups -OCH3 is 2. The van der Waals surface area contributed by atoms with E-state index in [4.69, 9.17) is 15.2 Å². The summed E-state index contributed by atoms with van der Waals surface area (Å²) >= 11 is 0. The number of nitrogens with zero attached hydrogens (tertiary/aromatic N) is 2. The lowest BCUT2D eigenvalue weighted by Crippen LogP contribution is -2.34. The molecule has 0 bridgehead atoms. The Labute approximate surface area is 111 Å². The zero-order valence-electron chi connectivity index (χ0n) is 11.1. The largest absolute Gasteiger partial charge is 0.399 e. The third kappa shape index (κ3) is 1.93. The molecule has 0 radical (unpaired) electrons. The molecule has 102 valence electrons. The highest BCUT2D eigenvalue weighted by atomic mass is 16.7. The molecular weight excluding hydrogens is 244 g/mol. The first-order valence-corrected chi connectivity index (χ1v) is 6.32. The van der Waals surface area contributed by atoms with Crippen LogP contribution in [0.2, 0.25) is 0 Å². The van der Waals surface area contributed by atoms with Crippen molar-refractivity contribution in [1.82, 2.24) is 9.78 Å². The fourth-order valence-electron chi connectivity index (χ4n) is 2.66. The molecule has 0 aliphatic carbocycles. The van der Waals surface area contributed by atoms with E-state index in [2.05, 4.69) is 10.4 Å². The van der Waals surface area contributed by atoms with Gasteiger partial charge < -0.3 is 20.5 Å². The number of rotatable bonds is 3. The van der Waals surface area contributed by atoms with E-state index in [1.54, 1.807) is 14.2 Å². The Balaban J connectivity index is 2.11. The fraction of sp³-hybridized carbons (Fsp3) is 0.462. The van der Waals surface area contributed by atoms with Crippen LogP contribution < -0.4 is 11.1 Å². The summed E-state index contributed by atoms with van der Waals surface area (Å²) in [5, 5.41) is 9.09. The van der Waals surface area contributed by atoms with Gasteiger partial charge in [-0.25, -0.2) is 4.68 Å². The highest BCUT2D eigenvalue weighted by Crippen LogP contribution is 2.33. The van der Waals surface area contributed by atoms with Crippen molar-refractivity contribution in [3.63, 3.8) is 0 Å². The molecule has 0 amide bonds. The van der Waals surface area contributed by atoms with Crippen LogP contribution in [0, 0.1) is 0 Å². The number of benzene rings is 1. The number of anilines is 2. The zero-order valence-corrected chi connectivity index (χ0v) is 11.1.